The molecule has 1 atom stereocenters. The van der Waals surface area contributed by atoms with Gasteiger partial charge in [-0.3, -0.25) is 9.59 Å². The Morgan fingerprint density at radius 3 is 2.53 bits per heavy atom. The maximum atomic E-state index is 13.3. The Morgan fingerprint density at radius 1 is 1.12 bits per heavy atom. The summed E-state index contributed by atoms with van der Waals surface area (Å²) >= 11 is 3.05. The van der Waals surface area contributed by atoms with Gasteiger partial charge >= 0.3 is 0 Å². The first-order chi connectivity index (χ1) is 16.5. The van der Waals surface area contributed by atoms with E-state index < -0.39 is 0 Å². The number of hydrogen-bond acceptors (Lipinski definition) is 7. The average Bonchev–Trinajstić information content (AvgIpc) is 3.53. The Morgan fingerprint density at radius 2 is 1.88 bits per heavy atom. The van der Waals surface area contributed by atoms with E-state index in [2.05, 4.69) is 5.32 Å². The topological polar surface area (TPSA) is 80.2 Å². The molecule has 0 saturated carbocycles. The highest BCUT2D eigenvalue weighted by atomic mass is 32.2. The second kappa shape index (κ2) is 10.8. The van der Waals surface area contributed by atoms with Crippen LogP contribution in [0.2, 0.25) is 0 Å². The summed E-state index contributed by atoms with van der Waals surface area (Å²) in [5, 5.41) is 11.1. The van der Waals surface area contributed by atoms with Crippen LogP contribution < -0.4 is 14.8 Å². The molecular formula is C25H25N3O4S2. The van der Waals surface area contributed by atoms with Crippen molar-refractivity contribution in [2.24, 2.45) is 5.10 Å². The molecular weight excluding hydrogens is 470 g/mol. The summed E-state index contributed by atoms with van der Waals surface area (Å²) in [6.45, 7) is 1.47. The second-order valence-electron chi connectivity index (χ2n) is 7.59. The minimum absolute atomic E-state index is 0.0812. The summed E-state index contributed by atoms with van der Waals surface area (Å²) < 4.78 is 10.8. The summed E-state index contributed by atoms with van der Waals surface area (Å²) in [7, 11) is 3.20. The van der Waals surface area contributed by atoms with Gasteiger partial charge in [-0.15, -0.1) is 23.1 Å². The summed E-state index contributed by atoms with van der Waals surface area (Å²) in [6.07, 6.45) is 0.623. The lowest BCUT2D eigenvalue weighted by Crippen LogP contribution is -2.28. The lowest BCUT2D eigenvalue weighted by Gasteiger charge is -2.23. The number of thiophene rings is 1. The van der Waals surface area contributed by atoms with E-state index in [1.54, 1.807) is 30.6 Å². The van der Waals surface area contributed by atoms with Crippen LogP contribution in [0.15, 0.2) is 70.0 Å². The minimum atomic E-state index is -0.229. The van der Waals surface area contributed by atoms with E-state index in [4.69, 9.17) is 14.6 Å². The van der Waals surface area contributed by atoms with Gasteiger partial charge in [0.2, 0.25) is 5.91 Å². The minimum Gasteiger partial charge on any atom is -0.493 e. The van der Waals surface area contributed by atoms with Crippen molar-refractivity contribution in [2.45, 2.75) is 24.3 Å². The van der Waals surface area contributed by atoms with Gasteiger partial charge in [-0.2, -0.15) is 5.10 Å². The highest BCUT2D eigenvalue weighted by Gasteiger charge is 2.33. The quantitative estimate of drug-likeness (QED) is 0.435. The normalized spacial score (nSPS) is 15.1. The van der Waals surface area contributed by atoms with E-state index in [1.165, 1.54) is 18.7 Å². The number of ether oxygens (including phenoxy) is 2. The lowest BCUT2D eigenvalue weighted by atomic mass is 10.0. The maximum Gasteiger partial charge on any atom is 0.253 e. The predicted molar refractivity (Wildman–Crippen MR) is 136 cm³/mol. The Bertz CT molecular complexity index is 1190. The van der Waals surface area contributed by atoms with Crippen LogP contribution in [0.4, 0.5) is 5.69 Å². The summed E-state index contributed by atoms with van der Waals surface area (Å²) in [6, 6.07) is 16.9. The monoisotopic (exact) mass is 495 g/mol. The first-order valence-corrected chi connectivity index (χ1v) is 12.5. The Balaban J connectivity index is 1.53. The SMILES string of the molecule is COc1ccc([C@H]2CC(c3cccs3)=NN2C(=O)CSc2ccc(NC(C)=O)cc2)cc1OC. The van der Waals surface area contributed by atoms with Gasteiger partial charge in [0.15, 0.2) is 11.5 Å². The highest BCUT2D eigenvalue weighted by molar-refractivity contribution is 8.00. The smallest absolute Gasteiger partial charge is 0.253 e. The average molecular weight is 496 g/mol. The van der Waals surface area contributed by atoms with Gasteiger partial charge in [-0.1, -0.05) is 12.1 Å². The van der Waals surface area contributed by atoms with Crippen LogP contribution in [0.1, 0.15) is 29.8 Å². The molecule has 34 heavy (non-hydrogen) atoms. The molecule has 1 aliphatic heterocycles. The zero-order valence-corrected chi connectivity index (χ0v) is 20.7. The number of hydrogen-bond donors (Lipinski definition) is 1. The molecule has 1 aromatic heterocycles. The molecule has 0 radical (unpaired) electrons. The second-order valence-corrected chi connectivity index (χ2v) is 9.59. The molecule has 7 nitrogen and oxygen atoms in total. The first kappa shape index (κ1) is 23.8. The van der Waals surface area contributed by atoms with E-state index in [-0.39, 0.29) is 23.6 Å². The van der Waals surface area contributed by atoms with Gasteiger partial charge in [-0.05, 0) is 53.4 Å². The molecule has 0 aliphatic carbocycles. The number of nitrogens with zero attached hydrogens (tertiary/aromatic N) is 2. The van der Waals surface area contributed by atoms with Crippen LogP contribution in [-0.4, -0.2) is 42.5 Å². The largest absolute Gasteiger partial charge is 0.493 e. The molecule has 0 unspecified atom stereocenters. The number of hydrazone groups is 1. The van der Waals surface area contributed by atoms with Gasteiger partial charge < -0.3 is 14.8 Å². The van der Waals surface area contributed by atoms with Crippen molar-refractivity contribution < 1.29 is 19.1 Å². The van der Waals surface area contributed by atoms with Crippen LogP contribution >= 0.6 is 23.1 Å². The summed E-state index contributed by atoms with van der Waals surface area (Å²) in [4.78, 5) is 26.5. The van der Waals surface area contributed by atoms with Crippen LogP contribution in [-0.2, 0) is 9.59 Å². The number of thioether (sulfide) groups is 1. The molecule has 4 rings (SSSR count). The molecule has 1 aliphatic rings. The van der Waals surface area contributed by atoms with Crippen LogP contribution in [0.3, 0.4) is 0 Å². The number of methoxy groups -OCH3 is 2. The van der Waals surface area contributed by atoms with Gasteiger partial charge in [0, 0.05) is 23.9 Å². The third-order valence-electron chi connectivity index (χ3n) is 5.30. The molecule has 0 saturated heterocycles. The Hall–Kier alpha value is -3.30. The van der Waals surface area contributed by atoms with Crippen LogP contribution in [0.25, 0.3) is 0 Å². The van der Waals surface area contributed by atoms with Crippen molar-refractivity contribution in [2.75, 3.05) is 25.3 Å². The number of carbonyl (C=O) groups is 2. The van der Waals surface area contributed by atoms with Crippen LogP contribution in [0.5, 0.6) is 11.5 Å². The molecule has 1 N–H and O–H groups in total. The predicted octanol–water partition coefficient (Wildman–Crippen LogP) is 5.19. The van der Waals surface area contributed by atoms with E-state index in [0.717, 1.165) is 26.7 Å². The fraction of sp³-hybridized carbons (Fsp3) is 0.240. The fourth-order valence-electron chi connectivity index (χ4n) is 3.70. The lowest BCUT2D eigenvalue weighted by molar-refractivity contribution is -0.130. The number of benzene rings is 2. The molecule has 0 bridgehead atoms. The molecule has 0 fully saturated rings. The van der Waals surface area contributed by atoms with Gasteiger partial charge in [-0.25, -0.2) is 5.01 Å². The van der Waals surface area contributed by atoms with E-state index >= 15 is 0 Å². The highest BCUT2D eigenvalue weighted by Crippen LogP contribution is 2.38. The van der Waals surface area contributed by atoms with Crippen molar-refractivity contribution >= 4 is 46.3 Å². The van der Waals surface area contributed by atoms with Crippen molar-refractivity contribution in [3.63, 3.8) is 0 Å². The number of anilines is 1. The fourth-order valence-corrected chi connectivity index (χ4v) is 5.17. The molecule has 176 valence electrons. The van der Waals surface area contributed by atoms with E-state index in [0.29, 0.717) is 17.9 Å². The molecule has 2 aromatic carbocycles. The van der Waals surface area contributed by atoms with Gasteiger partial charge in [0.25, 0.3) is 5.91 Å². The molecule has 2 amide bonds. The number of carbonyl (C=O) groups excluding carboxylic acids is 2. The first-order valence-electron chi connectivity index (χ1n) is 10.6. The maximum absolute atomic E-state index is 13.3. The molecule has 9 heteroatoms. The number of rotatable bonds is 8. The Labute approximate surface area is 206 Å². The number of nitrogens with one attached hydrogen (secondary N) is 1. The molecule has 2 heterocycles. The molecule has 3 aromatic rings. The third kappa shape index (κ3) is 5.43. The zero-order chi connectivity index (χ0) is 24.1. The van der Waals surface area contributed by atoms with E-state index in [9.17, 15) is 9.59 Å². The zero-order valence-electron chi connectivity index (χ0n) is 19.1. The van der Waals surface area contributed by atoms with Crippen molar-refractivity contribution in [1.82, 2.24) is 5.01 Å². The van der Waals surface area contributed by atoms with Gasteiger partial charge in [0.05, 0.1) is 36.6 Å². The third-order valence-corrected chi connectivity index (χ3v) is 7.22. The summed E-state index contributed by atoms with van der Waals surface area (Å²) in [5.74, 6) is 1.29. The van der Waals surface area contributed by atoms with Crippen molar-refractivity contribution in [3.05, 3.63) is 70.4 Å². The standard InChI is InChI=1S/C25H25N3O4S2/c1-16(29)26-18-7-9-19(10-8-18)34-15-25(30)28-21(14-20(27-28)24-5-4-12-33-24)17-6-11-22(31-2)23(13-17)32-3/h4-13,21H,14-15H2,1-3H3,(H,26,29)/t21-/m1/s1. The Kier molecular flexibility index (Phi) is 7.54. The van der Waals surface area contributed by atoms with Gasteiger partial charge in [0.1, 0.15) is 0 Å². The van der Waals surface area contributed by atoms with Crippen molar-refractivity contribution in [1.29, 1.82) is 0 Å². The van der Waals surface area contributed by atoms with Crippen LogP contribution in [0, 0.1) is 0 Å². The van der Waals surface area contributed by atoms with Crippen molar-refractivity contribution in [3.8, 4) is 11.5 Å². The summed E-state index contributed by atoms with van der Waals surface area (Å²) in [5.41, 5.74) is 2.56. The number of amides is 2. The molecule has 0 spiro atoms. The van der Waals surface area contributed by atoms with E-state index in [1.807, 2.05) is 60.0 Å².